The average Bonchev–Trinajstić information content (AvgIpc) is 2.62. The van der Waals surface area contributed by atoms with E-state index in [1.807, 2.05) is 76.2 Å². The molecule has 0 saturated heterocycles. The monoisotopic (exact) mass is 391 g/mol. The highest BCUT2D eigenvalue weighted by molar-refractivity contribution is 7.88. The molecule has 2 rings (SSSR count). The molecule has 0 amide bonds. The van der Waals surface area contributed by atoms with Crippen molar-refractivity contribution < 1.29 is 17.9 Å². The third kappa shape index (κ3) is 6.26. The van der Waals surface area contributed by atoms with Gasteiger partial charge in [-0.3, -0.25) is 0 Å². The average molecular weight is 392 g/mol. The zero-order chi connectivity index (χ0) is 19.9. The molecule has 2 aromatic rings. The van der Waals surface area contributed by atoms with Gasteiger partial charge in [0.2, 0.25) is 10.0 Å². The third-order valence-corrected chi connectivity index (χ3v) is 5.43. The normalized spacial score (nSPS) is 12.8. The summed E-state index contributed by atoms with van der Waals surface area (Å²) in [5.74, 6) is 1.32. The molecule has 0 fully saturated rings. The van der Waals surface area contributed by atoms with Crippen molar-refractivity contribution in [2.45, 2.75) is 39.5 Å². The van der Waals surface area contributed by atoms with Gasteiger partial charge in [-0.2, -0.15) is 0 Å². The summed E-state index contributed by atoms with van der Waals surface area (Å²) < 4.78 is 39.5. The zero-order valence-corrected chi connectivity index (χ0v) is 17.3. The van der Waals surface area contributed by atoms with Crippen molar-refractivity contribution in [1.29, 1.82) is 0 Å². The number of ether oxygens (including phenoxy) is 2. The van der Waals surface area contributed by atoms with Gasteiger partial charge in [0.25, 0.3) is 0 Å². The van der Waals surface area contributed by atoms with Crippen LogP contribution < -0.4 is 14.2 Å². The Morgan fingerprint density at radius 1 is 0.926 bits per heavy atom. The van der Waals surface area contributed by atoms with Crippen LogP contribution in [0, 0.1) is 5.92 Å². The van der Waals surface area contributed by atoms with Crippen LogP contribution in [0.25, 0.3) is 0 Å². The Bertz CT molecular complexity index is 819. The van der Waals surface area contributed by atoms with Gasteiger partial charge in [0.05, 0.1) is 19.0 Å². The van der Waals surface area contributed by atoms with Gasteiger partial charge in [0.15, 0.2) is 11.5 Å². The van der Waals surface area contributed by atoms with E-state index < -0.39 is 10.0 Å². The fourth-order valence-corrected chi connectivity index (χ4v) is 4.39. The first-order valence-electron chi connectivity index (χ1n) is 9.29. The van der Waals surface area contributed by atoms with E-state index in [0.29, 0.717) is 24.7 Å². The molecular formula is C21H29NO4S. The van der Waals surface area contributed by atoms with Gasteiger partial charge in [-0.15, -0.1) is 0 Å². The third-order valence-electron chi connectivity index (χ3n) is 4.10. The van der Waals surface area contributed by atoms with Gasteiger partial charge in [0, 0.05) is 6.04 Å². The molecule has 0 bridgehead atoms. The molecule has 0 heterocycles. The van der Waals surface area contributed by atoms with Crippen molar-refractivity contribution in [3.63, 3.8) is 0 Å². The molecule has 0 aliphatic carbocycles. The van der Waals surface area contributed by atoms with E-state index in [1.54, 1.807) is 0 Å². The fourth-order valence-electron chi connectivity index (χ4n) is 2.88. The highest BCUT2D eigenvalue weighted by Gasteiger charge is 2.24. The summed E-state index contributed by atoms with van der Waals surface area (Å²) in [6.45, 7) is 8.86. The number of hydrogen-bond donors (Lipinski definition) is 1. The number of sulfonamides is 1. The van der Waals surface area contributed by atoms with E-state index >= 15 is 0 Å². The second-order valence-corrected chi connectivity index (χ2v) is 8.41. The summed E-state index contributed by atoms with van der Waals surface area (Å²) in [7, 11) is -3.49. The molecule has 148 valence electrons. The minimum Gasteiger partial charge on any atom is -0.490 e. The highest BCUT2D eigenvalue weighted by Crippen LogP contribution is 2.33. The van der Waals surface area contributed by atoms with E-state index in [-0.39, 0.29) is 17.7 Å². The highest BCUT2D eigenvalue weighted by atomic mass is 32.2. The number of rotatable bonds is 10. The summed E-state index contributed by atoms with van der Waals surface area (Å²) in [4.78, 5) is 0. The Labute approximate surface area is 162 Å². The maximum atomic E-state index is 12.7. The maximum Gasteiger partial charge on any atom is 0.216 e. The Morgan fingerprint density at radius 2 is 1.56 bits per heavy atom. The van der Waals surface area contributed by atoms with E-state index in [0.717, 1.165) is 11.1 Å². The second-order valence-electron chi connectivity index (χ2n) is 6.66. The molecule has 0 aliphatic heterocycles. The van der Waals surface area contributed by atoms with Gasteiger partial charge < -0.3 is 9.47 Å². The Kier molecular flexibility index (Phi) is 7.68. The van der Waals surface area contributed by atoms with Crippen LogP contribution in [0.15, 0.2) is 48.5 Å². The van der Waals surface area contributed by atoms with Crippen molar-refractivity contribution in [2.24, 2.45) is 5.92 Å². The molecule has 0 aliphatic rings. The molecule has 0 saturated carbocycles. The topological polar surface area (TPSA) is 64.6 Å². The van der Waals surface area contributed by atoms with Gasteiger partial charge in [-0.05, 0) is 43.0 Å². The summed E-state index contributed by atoms with van der Waals surface area (Å²) >= 11 is 0. The van der Waals surface area contributed by atoms with Crippen molar-refractivity contribution in [3.8, 4) is 11.5 Å². The van der Waals surface area contributed by atoms with Crippen LogP contribution in [-0.4, -0.2) is 21.6 Å². The number of benzene rings is 2. The lowest BCUT2D eigenvalue weighted by molar-refractivity contribution is 0.287. The Balaban J connectivity index is 2.27. The van der Waals surface area contributed by atoms with E-state index in [4.69, 9.17) is 9.47 Å². The first-order chi connectivity index (χ1) is 12.9. The summed E-state index contributed by atoms with van der Waals surface area (Å²) in [5, 5.41) is 0. The van der Waals surface area contributed by atoms with E-state index in [9.17, 15) is 8.42 Å². The molecule has 1 N–H and O–H groups in total. The molecule has 2 aromatic carbocycles. The second kappa shape index (κ2) is 9.76. The molecule has 0 aromatic heterocycles. The SMILES string of the molecule is CCOc1ccc(C(NS(=O)(=O)Cc2ccccc2)C(C)C)cc1OCC. The minimum atomic E-state index is -3.49. The van der Waals surface area contributed by atoms with Crippen LogP contribution in [0.2, 0.25) is 0 Å². The molecule has 6 heteroatoms. The number of nitrogens with one attached hydrogen (secondary N) is 1. The smallest absolute Gasteiger partial charge is 0.216 e. The Morgan fingerprint density at radius 3 is 2.15 bits per heavy atom. The van der Waals surface area contributed by atoms with Crippen LogP contribution in [0.5, 0.6) is 11.5 Å². The quantitative estimate of drug-likeness (QED) is 0.656. The van der Waals surface area contributed by atoms with Crippen molar-refractivity contribution >= 4 is 10.0 Å². The van der Waals surface area contributed by atoms with Gasteiger partial charge in [-0.25, -0.2) is 13.1 Å². The molecule has 0 radical (unpaired) electrons. The molecule has 0 spiro atoms. The minimum absolute atomic E-state index is 0.0492. The summed E-state index contributed by atoms with van der Waals surface area (Å²) in [6.07, 6.45) is 0. The van der Waals surface area contributed by atoms with Crippen molar-refractivity contribution in [3.05, 3.63) is 59.7 Å². The predicted molar refractivity (Wildman–Crippen MR) is 109 cm³/mol. The van der Waals surface area contributed by atoms with Crippen LogP contribution in [0.1, 0.15) is 44.9 Å². The largest absolute Gasteiger partial charge is 0.490 e. The van der Waals surface area contributed by atoms with E-state index in [2.05, 4.69) is 4.72 Å². The van der Waals surface area contributed by atoms with Crippen molar-refractivity contribution in [1.82, 2.24) is 4.72 Å². The van der Waals surface area contributed by atoms with Gasteiger partial charge in [0.1, 0.15) is 0 Å². The van der Waals surface area contributed by atoms with Crippen LogP contribution >= 0.6 is 0 Å². The van der Waals surface area contributed by atoms with E-state index in [1.165, 1.54) is 0 Å². The summed E-state index contributed by atoms with van der Waals surface area (Å²) in [5.41, 5.74) is 1.61. The molecule has 5 nitrogen and oxygen atoms in total. The molecule has 27 heavy (non-hydrogen) atoms. The number of hydrogen-bond acceptors (Lipinski definition) is 4. The lowest BCUT2D eigenvalue weighted by Gasteiger charge is -2.24. The predicted octanol–water partition coefficient (Wildman–Crippen LogP) is 4.30. The standard InChI is InChI=1S/C21H29NO4S/c1-5-25-19-13-12-18(14-20(19)26-6-2)21(16(3)4)22-27(23,24)15-17-10-8-7-9-11-17/h7-14,16,21-22H,5-6,15H2,1-4H3. The molecule has 1 unspecified atom stereocenters. The van der Waals surface area contributed by atoms with Crippen molar-refractivity contribution in [2.75, 3.05) is 13.2 Å². The lowest BCUT2D eigenvalue weighted by Crippen LogP contribution is -2.32. The molecular weight excluding hydrogens is 362 g/mol. The maximum absolute atomic E-state index is 12.7. The fraction of sp³-hybridized carbons (Fsp3) is 0.429. The van der Waals surface area contributed by atoms with Gasteiger partial charge in [-0.1, -0.05) is 50.2 Å². The van der Waals surface area contributed by atoms with Crippen LogP contribution in [-0.2, 0) is 15.8 Å². The Hall–Kier alpha value is -2.05. The lowest BCUT2D eigenvalue weighted by atomic mass is 9.97. The molecule has 1 atom stereocenters. The van der Waals surface area contributed by atoms with Gasteiger partial charge >= 0.3 is 0 Å². The van der Waals surface area contributed by atoms with Crippen LogP contribution in [0.3, 0.4) is 0 Å². The first-order valence-corrected chi connectivity index (χ1v) is 10.9. The zero-order valence-electron chi connectivity index (χ0n) is 16.4. The van der Waals surface area contributed by atoms with Crippen LogP contribution in [0.4, 0.5) is 0 Å². The summed E-state index contributed by atoms with van der Waals surface area (Å²) in [6, 6.07) is 14.4. The first kappa shape index (κ1) is 21.3.